The fourth-order valence-electron chi connectivity index (χ4n) is 1.07. The van der Waals surface area contributed by atoms with E-state index in [1.165, 1.54) is 6.07 Å². The number of nitrogens with two attached hydrogens (primary N) is 1. The van der Waals surface area contributed by atoms with Gasteiger partial charge in [0.25, 0.3) is 0 Å². The number of halogens is 1. The standard InChI is InChI=1S/C12H16FN3/c1-8(9(2)14)10(3)15-16-12-7-5-4-6-11(12)13/h4-7,16H,14H2,1-3H3. The maximum Gasteiger partial charge on any atom is 0.148 e. The molecule has 0 aromatic heterocycles. The van der Waals surface area contributed by atoms with Gasteiger partial charge in [-0.1, -0.05) is 12.1 Å². The first-order valence-corrected chi connectivity index (χ1v) is 5.00. The van der Waals surface area contributed by atoms with Crippen LogP contribution in [0.2, 0.25) is 0 Å². The van der Waals surface area contributed by atoms with Crippen LogP contribution >= 0.6 is 0 Å². The normalized spacial score (nSPS) is 13.4. The highest BCUT2D eigenvalue weighted by atomic mass is 19.1. The third-order valence-corrected chi connectivity index (χ3v) is 2.35. The molecule has 0 atom stereocenters. The van der Waals surface area contributed by atoms with E-state index in [1.54, 1.807) is 25.1 Å². The van der Waals surface area contributed by atoms with Crippen LogP contribution in [0.4, 0.5) is 10.1 Å². The molecule has 1 rings (SSSR count). The summed E-state index contributed by atoms with van der Waals surface area (Å²) in [5, 5.41) is 4.07. The smallest absolute Gasteiger partial charge is 0.148 e. The molecule has 0 bridgehead atoms. The van der Waals surface area contributed by atoms with E-state index >= 15 is 0 Å². The lowest BCUT2D eigenvalue weighted by atomic mass is 10.2. The van der Waals surface area contributed by atoms with Crippen LogP contribution in [0.5, 0.6) is 0 Å². The van der Waals surface area contributed by atoms with E-state index < -0.39 is 0 Å². The molecule has 0 aliphatic carbocycles. The van der Waals surface area contributed by atoms with E-state index in [1.807, 2.05) is 13.8 Å². The molecular weight excluding hydrogens is 205 g/mol. The minimum Gasteiger partial charge on any atom is -0.402 e. The predicted octanol–water partition coefficient (Wildman–Crippen LogP) is 2.87. The summed E-state index contributed by atoms with van der Waals surface area (Å²) in [4.78, 5) is 0. The average Bonchev–Trinajstić information content (AvgIpc) is 2.26. The summed E-state index contributed by atoms with van der Waals surface area (Å²) in [6.45, 7) is 5.49. The van der Waals surface area contributed by atoms with Gasteiger partial charge in [-0.25, -0.2) is 4.39 Å². The molecule has 3 nitrogen and oxygen atoms in total. The van der Waals surface area contributed by atoms with Gasteiger partial charge in [0.15, 0.2) is 0 Å². The largest absolute Gasteiger partial charge is 0.402 e. The topological polar surface area (TPSA) is 50.4 Å². The van der Waals surface area contributed by atoms with Gasteiger partial charge in [-0.2, -0.15) is 5.10 Å². The Morgan fingerprint density at radius 2 is 1.88 bits per heavy atom. The second-order valence-electron chi connectivity index (χ2n) is 3.60. The molecule has 4 heteroatoms. The van der Waals surface area contributed by atoms with Crippen molar-refractivity contribution < 1.29 is 4.39 Å². The number of benzene rings is 1. The molecule has 1 aromatic rings. The van der Waals surface area contributed by atoms with E-state index in [9.17, 15) is 4.39 Å². The number of para-hydroxylation sites is 1. The van der Waals surface area contributed by atoms with Crippen LogP contribution in [0.3, 0.4) is 0 Å². The molecule has 0 aliphatic heterocycles. The third kappa shape index (κ3) is 3.08. The zero-order valence-corrected chi connectivity index (χ0v) is 9.71. The summed E-state index contributed by atoms with van der Waals surface area (Å²) in [7, 11) is 0. The predicted molar refractivity (Wildman–Crippen MR) is 65.7 cm³/mol. The third-order valence-electron chi connectivity index (χ3n) is 2.35. The van der Waals surface area contributed by atoms with Crippen molar-refractivity contribution in [2.24, 2.45) is 10.8 Å². The van der Waals surface area contributed by atoms with Crippen molar-refractivity contribution in [3.8, 4) is 0 Å². The van der Waals surface area contributed by atoms with Crippen LogP contribution < -0.4 is 11.2 Å². The first kappa shape index (κ1) is 12.2. The van der Waals surface area contributed by atoms with E-state index in [0.29, 0.717) is 11.4 Å². The monoisotopic (exact) mass is 221 g/mol. The Morgan fingerprint density at radius 1 is 1.25 bits per heavy atom. The second-order valence-corrected chi connectivity index (χ2v) is 3.60. The summed E-state index contributed by atoms with van der Waals surface area (Å²) < 4.78 is 13.2. The zero-order valence-electron chi connectivity index (χ0n) is 9.71. The number of allylic oxidation sites excluding steroid dienone is 2. The minimum absolute atomic E-state index is 0.329. The van der Waals surface area contributed by atoms with Crippen molar-refractivity contribution in [2.75, 3.05) is 5.43 Å². The number of rotatable bonds is 3. The zero-order chi connectivity index (χ0) is 12.1. The molecule has 3 N–H and O–H groups in total. The van der Waals surface area contributed by atoms with Crippen molar-refractivity contribution in [3.05, 3.63) is 41.4 Å². The molecule has 86 valence electrons. The molecule has 0 saturated heterocycles. The Balaban J connectivity index is 2.82. The molecular formula is C12H16FN3. The molecule has 0 amide bonds. The minimum atomic E-state index is -0.329. The van der Waals surface area contributed by atoms with Crippen molar-refractivity contribution in [3.63, 3.8) is 0 Å². The molecule has 0 unspecified atom stereocenters. The maximum absolute atomic E-state index is 13.2. The number of nitrogens with zero attached hydrogens (tertiary/aromatic N) is 1. The van der Waals surface area contributed by atoms with Gasteiger partial charge in [0.1, 0.15) is 5.82 Å². The molecule has 0 heterocycles. The van der Waals surface area contributed by atoms with Crippen LogP contribution in [-0.4, -0.2) is 5.71 Å². The van der Waals surface area contributed by atoms with Gasteiger partial charge in [-0.05, 0) is 38.5 Å². The summed E-state index contributed by atoms with van der Waals surface area (Å²) in [5.74, 6) is -0.329. The van der Waals surface area contributed by atoms with Gasteiger partial charge in [-0.3, -0.25) is 5.43 Å². The molecule has 0 saturated carbocycles. The second kappa shape index (κ2) is 5.30. The number of anilines is 1. The summed E-state index contributed by atoms with van der Waals surface area (Å²) in [6, 6.07) is 6.38. The molecule has 0 spiro atoms. The van der Waals surface area contributed by atoms with Gasteiger partial charge < -0.3 is 5.73 Å². The molecule has 0 fully saturated rings. The lowest BCUT2D eigenvalue weighted by Crippen LogP contribution is -2.05. The van der Waals surface area contributed by atoms with Crippen LogP contribution in [0.1, 0.15) is 20.8 Å². The maximum atomic E-state index is 13.2. The molecule has 16 heavy (non-hydrogen) atoms. The summed E-state index contributed by atoms with van der Waals surface area (Å²) in [6.07, 6.45) is 0. The average molecular weight is 221 g/mol. The number of hydrogen-bond acceptors (Lipinski definition) is 3. The molecule has 0 radical (unpaired) electrons. The number of hydrogen-bond donors (Lipinski definition) is 2. The highest BCUT2D eigenvalue weighted by molar-refractivity contribution is 5.98. The van der Waals surface area contributed by atoms with Gasteiger partial charge >= 0.3 is 0 Å². The Hall–Kier alpha value is -1.84. The molecule has 0 aliphatic rings. The summed E-state index contributed by atoms with van der Waals surface area (Å²) in [5.41, 5.74) is 11.0. The molecule has 1 aromatic carbocycles. The van der Waals surface area contributed by atoms with E-state index in [2.05, 4.69) is 10.5 Å². The fraction of sp³-hybridized carbons (Fsp3) is 0.250. The lowest BCUT2D eigenvalue weighted by molar-refractivity contribution is 0.630. The van der Waals surface area contributed by atoms with Crippen LogP contribution in [0, 0.1) is 5.82 Å². The van der Waals surface area contributed by atoms with Gasteiger partial charge in [-0.15, -0.1) is 0 Å². The van der Waals surface area contributed by atoms with E-state index in [0.717, 1.165) is 11.3 Å². The Bertz CT molecular complexity index is 432. The number of hydrazone groups is 1. The van der Waals surface area contributed by atoms with Crippen molar-refractivity contribution >= 4 is 11.4 Å². The summed E-state index contributed by atoms with van der Waals surface area (Å²) >= 11 is 0. The van der Waals surface area contributed by atoms with E-state index in [-0.39, 0.29) is 5.82 Å². The van der Waals surface area contributed by atoms with Crippen molar-refractivity contribution in [1.82, 2.24) is 0 Å². The quantitative estimate of drug-likeness (QED) is 0.609. The van der Waals surface area contributed by atoms with Gasteiger partial charge in [0, 0.05) is 5.70 Å². The Kier molecular flexibility index (Phi) is 4.05. The number of nitrogens with one attached hydrogen (secondary N) is 1. The van der Waals surface area contributed by atoms with Crippen LogP contribution in [0.15, 0.2) is 40.6 Å². The first-order valence-electron chi connectivity index (χ1n) is 5.00. The van der Waals surface area contributed by atoms with Crippen LogP contribution in [0.25, 0.3) is 0 Å². The Morgan fingerprint density at radius 3 is 2.44 bits per heavy atom. The highest BCUT2D eigenvalue weighted by Gasteiger charge is 2.00. The SMILES string of the molecule is CC(=NNc1ccccc1F)C(C)=C(C)N. The highest BCUT2D eigenvalue weighted by Crippen LogP contribution is 2.12. The van der Waals surface area contributed by atoms with E-state index in [4.69, 9.17) is 5.73 Å². The fourth-order valence-corrected chi connectivity index (χ4v) is 1.07. The van der Waals surface area contributed by atoms with Gasteiger partial charge in [0.2, 0.25) is 0 Å². The van der Waals surface area contributed by atoms with Crippen molar-refractivity contribution in [1.29, 1.82) is 0 Å². The Labute approximate surface area is 94.9 Å². The first-order chi connectivity index (χ1) is 7.52. The van der Waals surface area contributed by atoms with Gasteiger partial charge in [0.05, 0.1) is 11.4 Å². The van der Waals surface area contributed by atoms with Crippen LogP contribution in [-0.2, 0) is 0 Å². The van der Waals surface area contributed by atoms with Crippen molar-refractivity contribution in [2.45, 2.75) is 20.8 Å². The lowest BCUT2D eigenvalue weighted by Gasteiger charge is -2.05.